The highest BCUT2D eigenvalue weighted by molar-refractivity contribution is 7.15. The topological polar surface area (TPSA) is 37.8 Å². The number of rotatable bonds is 5. The van der Waals surface area contributed by atoms with Crippen molar-refractivity contribution in [3.8, 4) is 0 Å². The molecule has 0 saturated heterocycles. The van der Waals surface area contributed by atoms with E-state index in [1.54, 1.807) is 11.3 Å². The average Bonchev–Trinajstić information content (AvgIpc) is 2.48. The Balaban J connectivity index is 1.78. The van der Waals surface area contributed by atoms with E-state index in [1.165, 1.54) is 19.3 Å². The zero-order valence-electron chi connectivity index (χ0n) is 9.49. The number of nitrogens with zero attached hydrogens (tertiary/aromatic N) is 2. The molecule has 0 aromatic carbocycles. The summed E-state index contributed by atoms with van der Waals surface area (Å²) in [5.74, 6) is 1.54. The number of hydrogen-bond donors (Lipinski definition) is 1. The Morgan fingerprint density at radius 3 is 2.80 bits per heavy atom. The van der Waals surface area contributed by atoms with Crippen LogP contribution in [0.5, 0.6) is 0 Å². The minimum atomic E-state index is 0.664. The van der Waals surface area contributed by atoms with Crippen molar-refractivity contribution in [2.24, 2.45) is 11.8 Å². The maximum Gasteiger partial charge on any atom is 0.205 e. The van der Waals surface area contributed by atoms with Crippen molar-refractivity contribution in [1.82, 2.24) is 10.2 Å². The quantitative estimate of drug-likeness (QED) is 0.837. The van der Waals surface area contributed by atoms with Crippen LogP contribution in [-0.2, 0) is 6.42 Å². The second-order valence-electron chi connectivity index (χ2n) is 4.78. The first-order chi connectivity index (χ1) is 7.24. The molecule has 1 fully saturated rings. The lowest BCUT2D eigenvalue weighted by molar-refractivity contribution is 0.333. The molecule has 1 aliphatic carbocycles. The average molecular weight is 225 g/mol. The highest BCUT2D eigenvalue weighted by Crippen LogP contribution is 2.27. The van der Waals surface area contributed by atoms with Crippen LogP contribution in [0.15, 0.2) is 0 Å². The van der Waals surface area contributed by atoms with Gasteiger partial charge < -0.3 is 5.32 Å². The van der Waals surface area contributed by atoms with Crippen LogP contribution in [0.25, 0.3) is 0 Å². The second kappa shape index (κ2) is 4.92. The van der Waals surface area contributed by atoms with E-state index < -0.39 is 0 Å². The van der Waals surface area contributed by atoms with E-state index in [4.69, 9.17) is 0 Å². The number of hydrogen-bond acceptors (Lipinski definition) is 4. The van der Waals surface area contributed by atoms with E-state index in [0.29, 0.717) is 5.92 Å². The van der Waals surface area contributed by atoms with Crippen LogP contribution >= 0.6 is 11.3 Å². The number of anilines is 1. The molecule has 1 saturated carbocycles. The highest BCUT2D eigenvalue weighted by atomic mass is 32.1. The first-order valence-electron chi connectivity index (χ1n) is 5.80. The standard InChI is InChI=1S/C11H19N3S/c1-8(2)6-10-13-14-11(15-10)12-7-9-4-3-5-9/h8-9H,3-7H2,1-2H3,(H,12,14). The van der Waals surface area contributed by atoms with Crippen LogP contribution in [0.4, 0.5) is 5.13 Å². The maximum atomic E-state index is 4.18. The first-order valence-corrected chi connectivity index (χ1v) is 6.62. The van der Waals surface area contributed by atoms with Crippen molar-refractivity contribution in [2.75, 3.05) is 11.9 Å². The lowest BCUT2D eigenvalue weighted by atomic mass is 9.86. The Morgan fingerprint density at radius 2 is 2.20 bits per heavy atom. The second-order valence-corrected chi connectivity index (χ2v) is 5.84. The van der Waals surface area contributed by atoms with Gasteiger partial charge in [-0.25, -0.2) is 0 Å². The SMILES string of the molecule is CC(C)Cc1nnc(NCC2CCC2)s1. The summed E-state index contributed by atoms with van der Waals surface area (Å²) >= 11 is 1.70. The Kier molecular flexibility index (Phi) is 3.57. The van der Waals surface area contributed by atoms with Gasteiger partial charge in [0.2, 0.25) is 5.13 Å². The molecule has 15 heavy (non-hydrogen) atoms. The molecule has 0 radical (unpaired) electrons. The fourth-order valence-corrected chi connectivity index (χ4v) is 2.64. The largest absolute Gasteiger partial charge is 0.360 e. The lowest BCUT2D eigenvalue weighted by Gasteiger charge is -2.24. The summed E-state index contributed by atoms with van der Waals surface area (Å²) in [4.78, 5) is 0. The summed E-state index contributed by atoms with van der Waals surface area (Å²) in [5, 5.41) is 13.9. The van der Waals surface area contributed by atoms with Crippen LogP contribution in [0.3, 0.4) is 0 Å². The normalized spacial score (nSPS) is 16.7. The summed E-state index contributed by atoms with van der Waals surface area (Å²) < 4.78 is 0. The van der Waals surface area contributed by atoms with Gasteiger partial charge in [0.15, 0.2) is 0 Å². The van der Waals surface area contributed by atoms with Crippen molar-refractivity contribution in [3.63, 3.8) is 0 Å². The van der Waals surface area contributed by atoms with E-state index in [0.717, 1.165) is 29.0 Å². The molecule has 84 valence electrons. The Bertz CT molecular complexity index is 305. The van der Waals surface area contributed by atoms with Gasteiger partial charge in [-0.1, -0.05) is 31.6 Å². The Labute approximate surface area is 95.3 Å². The van der Waals surface area contributed by atoms with Gasteiger partial charge in [0, 0.05) is 13.0 Å². The molecule has 1 N–H and O–H groups in total. The van der Waals surface area contributed by atoms with Crippen LogP contribution in [0, 0.1) is 11.8 Å². The predicted octanol–water partition coefficient (Wildman–Crippen LogP) is 2.95. The molecule has 1 heterocycles. The molecule has 2 rings (SSSR count). The molecular formula is C11H19N3S. The zero-order chi connectivity index (χ0) is 10.7. The van der Waals surface area contributed by atoms with Gasteiger partial charge in [-0.3, -0.25) is 0 Å². The molecule has 1 aliphatic rings. The minimum Gasteiger partial charge on any atom is -0.360 e. The summed E-state index contributed by atoms with van der Waals surface area (Å²) in [7, 11) is 0. The summed E-state index contributed by atoms with van der Waals surface area (Å²) in [6.45, 7) is 5.50. The van der Waals surface area contributed by atoms with Crippen molar-refractivity contribution in [3.05, 3.63) is 5.01 Å². The zero-order valence-corrected chi connectivity index (χ0v) is 10.3. The van der Waals surface area contributed by atoms with Crippen LogP contribution in [0.1, 0.15) is 38.1 Å². The number of nitrogens with one attached hydrogen (secondary N) is 1. The molecule has 0 atom stereocenters. The third kappa shape index (κ3) is 3.16. The summed E-state index contributed by atoms with van der Waals surface area (Å²) in [6, 6.07) is 0. The molecule has 0 bridgehead atoms. The van der Waals surface area contributed by atoms with Gasteiger partial charge in [0.1, 0.15) is 5.01 Å². The molecular weight excluding hydrogens is 206 g/mol. The van der Waals surface area contributed by atoms with Crippen molar-refractivity contribution < 1.29 is 0 Å². The van der Waals surface area contributed by atoms with Crippen molar-refractivity contribution in [1.29, 1.82) is 0 Å². The van der Waals surface area contributed by atoms with Gasteiger partial charge in [0.25, 0.3) is 0 Å². The predicted molar refractivity (Wildman–Crippen MR) is 64.3 cm³/mol. The molecule has 0 spiro atoms. The molecule has 0 aliphatic heterocycles. The van der Waals surface area contributed by atoms with Crippen LogP contribution in [0.2, 0.25) is 0 Å². The van der Waals surface area contributed by atoms with Crippen LogP contribution < -0.4 is 5.32 Å². The summed E-state index contributed by atoms with van der Waals surface area (Å²) in [6.07, 6.45) is 5.21. The third-order valence-electron chi connectivity index (χ3n) is 2.82. The Hall–Kier alpha value is -0.640. The molecule has 4 heteroatoms. The van der Waals surface area contributed by atoms with Crippen molar-refractivity contribution >= 4 is 16.5 Å². The molecule has 0 unspecified atom stereocenters. The van der Waals surface area contributed by atoms with Gasteiger partial charge in [0.05, 0.1) is 0 Å². The van der Waals surface area contributed by atoms with E-state index >= 15 is 0 Å². The van der Waals surface area contributed by atoms with E-state index in [2.05, 4.69) is 29.4 Å². The maximum absolute atomic E-state index is 4.18. The fraction of sp³-hybridized carbons (Fsp3) is 0.818. The monoisotopic (exact) mass is 225 g/mol. The number of aromatic nitrogens is 2. The first kappa shape index (κ1) is 10.9. The molecule has 3 nitrogen and oxygen atoms in total. The minimum absolute atomic E-state index is 0.664. The molecule has 1 aromatic rings. The Morgan fingerprint density at radius 1 is 1.40 bits per heavy atom. The molecule has 0 amide bonds. The van der Waals surface area contributed by atoms with E-state index in [9.17, 15) is 0 Å². The fourth-order valence-electron chi connectivity index (χ4n) is 1.69. The molecule has 1 aromatic heterocycles. The van der Waals surface area contributed by atoms with Gasteiger partial charge >= 0.3 is 0 Å². The smallest absolute Gasteiger partial charge is 0.205 e. The van der Waals surface area contributed by atoms with E-state index in [1.807, 2.05) is 0 Å². The van der Waals surface area contributed by atoms with Crippen molar-refractivity contribution in [2.45, 2.75) is 39.5 Å². The van der Waals surface area contributed by atoms with E-state index in [-0.39, 0.29) is 0 Å². The lowest BCUT2D eigenvalue weighted by Crippen LogP contribution is -2.20. The van der Waals surface area contributed by atoms with Gasteiger partial charge in [-0.15, -0.1) is 10.2 Å². The van der Waals surface area contributed by atoms with Gasteiger partial charge in [-0.05, 0) is 24.7 Å². The van der Waals surface area contributed by atoms with Gasteiger partial charge in [-0.2, -0.15) is 0 Å². The van der Waals surface area contributed by atoms with Crippen LogP contribution in [-0.4, -0.2) is 16.7 Å². The highest BCUT2D eigenvalue weighted by Gasteiger charge is 2.17. The third-order valence-corrected chi connectivity index (χ3v) is 3.72. The summed E-state index contributed by atoms with van der Waals surface area (Å²) in [5.41, 5.74) is 0.